The van der Waals surface area contributed by atoms with Gasteiger partial charge in [-0.3, -0.25) is 29.1 Å². The second kappa shape index (κ2) is 13.4. The summed E-state index contributed by atoms with van der Waals surface area (Å²) in [4.78, 5) is 68.5. The Morgan fingerprint density at radius 1 is 1.05 bits per heavy atom. The maximum atomic E-state index is 13.5. The highest BCUT2D eigenvalue weighted by Crippen LogP contribution is 2.40. The fourth-order valence-corrected chi connectivity index (χ4v) is 6.09. The van der Waals surface area contributed by atoms with E-state index >= 15 is 0 Å². The number of esters is 1. The van der Waals surface area contributed by atoms with Crippen molar-refractivity contribution in [3.63, 3.8) is 0 Å². The van der Waals surface area contributed by atoms with E-state index < -0.39 is 47.1 Å². The lowest BCUT2D eigenvalue weighted by Gasteiger charge is -2.49. The molecule has 1 aromatic heterocycles. The Kier molecular flexibility index (Phi) is 9.20. The van der Waals surface area contributed by atoms with E-state index in [1.54, 1.807) is 42.5 Å². The van der Waals surface area contributed by atoms with Gasteiger partial charge in [0.05, 0.1) is 11.3 Å². The molecule has 0 aliphatic carbocycles. The lowest BCUT2D eigenvalue weighted by atomic mass is 10.0. The fourth-order valence-electron chi connectivity index (χ4n) is 4.76. The summed E-state index contributed by atoms with van der Waals surface area (Å²) in [6.07, 6.45) is 5.14. The number of carboxylic acids is 1. The van der Waals surface area contributed by atoms with E-state index in [0.717, 1.165) is 10.5 Å². The molecule has 3 aromatic rings. The van der Waals surface area contributed by atoms with Gasteiger partial charge in [-0.2, -0.15) is 0 Å². The molecule has 224 valence electrons. The van der Waals surface area contributed by atoms with Gasteiger partial charge in [0.1, 0.15) is 29.8 Å². The highest BCUT2D eigenvalue weighted by molar-refractivity contribution is 8.00. The van der Waals surface area contributed by atoms with Crippen molar-refractivity contribution in [1.29, 1.82) is 0 Å². The number of aliphatic carboxylic acids is 1. The summed E-state index contributed by atoms with van der Waals surface area (Å²) < 4.78 is 4.96. The topological polar surface area (TPSA) is 155 Å². The van der Waals surface area contributed by atoms with Crippen molar-refractivity contribution in [2.75, 3.05) is 12.4 Å². The zero-order chi connectivity index (χ0) is 31.2. The van der Waals surface area contributed by atoms with E-state index in [9.17, 15) is 29.1 Å². The number of carboxylic acid groups (broad SMARTS) is 1. The van der Waals surface area contributed by atoms with Crippen molar-refractivity contribution in [3.05, 3.63) is 113 Å². The van der Waals surface area contributed by atoms with E-state index in [0.29, 0.717) is 11.3 Å². The lowest BCUT2D eigenvalue weighted by Crippen LogP contribution is -2.71. The molecule has 2 aromatic carbocycles. The molecule has 11 nitrogen and oxygen atoms in total. The van der Waals surface area contributed by atoms with Gasteiger partial charge < -0.3 is 20.5 Å². The van der Waals surface area contributed by atoms with Crippen molar-refractivity contribution < 1.29 is 33.8 Å². The Morgan fingerprint density at radius 2 is 1.75 bits per heavy atom. The molecule has 1 saturated heterocycles. The first-order valence-electron chi connectivity index (χ1n) is 13.6. The van der Waals surface area contributed by atoms with Gasteiger partial charge in [-0.1, -0.05) is 66.7 Å². The number of thioether (sulfide) groups is 1. The number of nitrogens with one attached hydrogen (secondary N) is 2. The minimum Gasteiger partial charge on any atom is -0.477 e. The first kappa shape index (κ1) is 30.2. The molecule has 0 radical (unpaired) electrons. The van der Waals surface area contributed by atoms with Crippen LogP contribution in [0.4, 0.5) is 0 Å². The van der Waals surface area contributed by atoms with Crippen LogP contribution in [0.15, 0.2) is 90.3 Å². The normalized spacial score (nSPS) is 18.2. The molecule has 3 N–H and O–H groups in total. The number of rotatable bonds is 10. The molecule has 5 rings (SSSR count). The van der Waals surface area contributed by atoms with Crippen molar-refractivity contribution >= 4 is 53.6 Å². The van der Waals surface area contributed by atoms with Gasteiger partial charge in [-0.25, -0.2) is 4.79 Å². The number of hydrogen-bond acceptors (Lipinski definition) is 8. The van der Waals surface area contributed by atoms with Crippen LogP contribution in [-0.2, 0) is 23.9 Å². The van der Waals surface area contributed by atoms with Crippen LogP contribution in [0.2, 0.25) is 0 Å². The number of fused-ring (bicyclic) bond motifs is 1. The van der Waals surface area contributed by atoms with E-state index in [-0.39, 0.29) is 29.2 Å². The number of hydrogen-bond donors (Lipinski definition) is 3. The Hall–Kier alpha value is -5.23. The van der Waals surface area contributed by atoms with Gasteiger partial charge in [0.25, 0.3) is 11.8 Å². The molecule has 3 heterocycles. The summed E-state index contributed by atoms with van der Waals surface area (Å²) in [6.45, 7) is 0.955. The van der Waals surface area contributed by atoms with Crippen LogP contribution in [-0.4, -0.2) is 68.4 Å². The number of β-lactam (4-membered cyclic amide) rings is 1. The molecule has 2 aliphatic heterocycles. The highest BCUT2D eigenvalue weighted by Gasteiger charge is 2.54. The molecule has 12 heteroatoms. The molecule has 3 amide bonds. The number of carbonyl (C=O) groups excluding carboxylic acids is 4. The minimum atomic E-state index is -1.33. The van der Waals surface area contributed by atoms with Crippen LogP contribution in [0.25, 0.3) is 12.2 Å². The van der Waals surface area contributed by atoms with Crippen molar-refractivity contribution in [1.82, 2.24) is 20.5 Å². The number of carbonyl (C=O) groups is 5. The maximum absolute atomic E-state index is 13.5. The standard InChI is InChI=1S/C32H28N4O7S/c1-19(37)43-17-23-18-44-31-26(30(40)36(31)27(23)32(41)42)35-29(39)25(21-10-6-3-7-11-21)34-28(38)22-13-15-24(33-16-22)14-12-20-8-4-2-5-9-20/h2-16,25-26,31H,17-18H2,1H3,(H,34,38)(H,35,39)(H,41,42)/t25?,26-,31-/m1/s1. The van der Waals surface area contributed by atoms with Crippen molar-refractivity contribution in [2.45, 2.75) is 24.4 Å². The Labute approximate surface area is 257 Å². The van der Waals surface area contributed by atoms with Crippen LogP contribution >= 0.6 is 11.8 Å². The molecule has 3 atom stereocenters. The van der Waals surface area contributed by atoms with Crippen LogP contribution < -0.4 is 10.6 Å². The number of benzene rings is 2. The molecule has 44 heavy (non-hydrogen) atoms. The maximum Gasteiger partial charge on any atom is 0.352 e. The molecule has 0 saturated carbocycles. The van der Waals surface area contributed by atoms with E-state index in [1.165, 1.54) is 24.9 Å². The smallest absolute Gasteiger partial charge is 0.352 e. The summed E-state index contributed by atoms with van der Waals surface area (Å²) in [6, 6.07) is 19.4. The van der Waals surface area contributed by atoms with Gasteiger partial charge in [0.2, 0.25) is 5.91 Å². The highest BCUT2D eigenvalue weighted by atomic mass is 32.2. The van der Waals surface area contributed by atoms with Gasteiger partial charge in [0.15, 0.2) is 0 Å². The Balaban J connectivity index is 1.29. The predicted octanol–water partition coefficient (Wildman–Crippen LogP) is 3.02. The monoisotopic (exact) mass is 612 g/mol. The first-order valence-corrected chi connectivity index (χ1v) is 14.7. The number of aromatic nitrogens is 1. The van der Waals surface area contributed by atoms with E-state index in [2.05, 4.69) is 15.6 Å². The number of amides is 3. The second-order valence-corrected chi connectivity index (χ2v) is 11.1. The molecule has 0 bridgehead atoms. The average Bonchev–Trinajstić information content (AvgIpc) is 3.04. The zero-order valence-electron chi connectivity index (χ0n) is 23.5. The number of ether oxygens (including phenoxy) is 1. The molecule has 0 spiro atoms. The van der Waals surface area contributed by atoms with E-state index in [4.69, 9.17) is 4.74 Å². The summed E-state index contributed by atoms with van der Waals surface area (Å²) in [5.41, 5.74) is 2.41. The Morgan fingerprint density at radius 3 is 2.39 bits per heavy atom. The lowest BCUT2D eigenvalue weighted by molar-refractivity contribution is -0.151. The summed E-state index contributed by atoms with van der Waals surface area (Å²) in [5, 5.41) is 14.5. The molecule has 1 unspecified atom stereocenters. The fraction of sp³-hybridized carbons (Fsp3) is 0.188. The third kappa shape index (κ3) is 6.70. The van der Waals surface area contributed by atoms with Crippen LogP contribution in [0, 0.1) is 0 Å². The largest absolute Gasteiger partial charge is 0.477 e. The SMILES string of the molecule is CC(=O)OCC1=C(C(=O)O)N2C(=O)[C@@H](NC(=O)C(NC(=O)c3ccc(C=Cc4ccccc4)nc3)c3ccccc3)[C@H]2SC1. The Bertz CT molecular complexity index is 1640. The third-order valence-electron chi connectivity index (χ3n) is 6.96. The van der Waals surface area contributed by atoms with Crippen LogP contribution in [0.3, 0.4) is 0 Å². The summed E-state index contributed by atoms with van der Waals surface area (Å²) >= 11 is 1.25. The van der Waals surface area contributed by atoms with Gasteiger partial charge in [-0.05, 0) is 29.3 Å². The predicted molar refractivity (Wildman–Crippen MR) is 163 cm³/mol. The summed E-state index contributed by atoms with van der Waals surface area (Å²) in [7, 11) is 0. The molecule has 1 fully saturated rings. The quantitative estimate of drug-likeness (QED) is 0.231. The molecular formula is C32H28N4O7S. The van der Waals surface area contributed by atoms with Crippen molar-refractivity contribution in [2.24, 2.45) is 0 Å². The van der Waals surface area contributed by atoms with Gasteiger partial charge in [0, 0.05) is 24.4 Å². The molecule has 2 aliphatic rings. The minimum absolute atomic E-state index is 0.193. The third-order valence-corrected chi connectivity index (χ3v) is 8.30. The number of pyridine rings is 1. The van der Waals surface area contributed by atoms with E-state index in [1.807, 2.05) is 42.5 Å². The van der Waals surface area contributed by atoms with Crippen molar-refractivity contribution in [3.8, 4) is 0 Å². The van der Waals surface area contributed by atoms with Gasteiger partial charge >= 0.3 is 11.9 Å². The van der Waals surface area contributed by atoms with Crippen LogP contribution in [0.1, 0.15) is 40.1 Å². The first-order chi connectivity index (χ1) is 21.2. The van der Waals surface area contributed by atoms with Gasteiger partial charge in [-0.15, -0.1) is 11.8 Å². The van der Waals surface area contributed by atoms with Crippen LogP contribution in [0.5, 0.6) is 0 Å². The average molecular weight is 613 g/mol. The number of nitrogens with zero attached hydrogens (tertiary/aromatic N) is 2. The molecular weight excluding hydrogens is 584 g/mol. The summed E-state index contributed by atoms with van der Waals surface area (Å²) in [5.74, 6) is -3.51. The zero-order valence-corrected chi connectivity index (χ0v) is 24.3. The second-order valence-electron chi connectivity index (χ2n) is 9.97.